The largest absolute Gasteiger partial charge is 0.480 e. The van der Waals surface area contributed by atoms with Gasteiger partial charge in [-0.15, -0.1) is 0 Å². The molecule has 13 nitrogen and oxygen atoms in total. The third-order valence-electron chi connectivity index (χ3n) is 4.73. The van der Waals surface area contributed by atoms with Gasteiger partial charge in [-0.25, -0.2) is 4.79 Å². The summed E-state index contributed by atoms with van der Waals surface area (Å²) in [6.45, 7) is 3.84. The maximum atomic E-state index is 12.7. The first-order valence-electron chi connectivity index (χ1n) is 9.82. The van der Waals surface area contributed by atoms with Crippen LogP contribution in [0.25, 0.3) is 0 Å². The van der Waals surface area contributed by atoms with Gasteiger partial charge < -0.3 is 42.7 Å². The fraction of sp³-hybridized carbons (Fsp3) is 0.722. The number of nitrogens with two attached hydrogens (primary N) is 2. The molecule has 13 heteroatoms. The standard InChI is InChI=1S/C18H33N5O8/c1-4-8(2)13(20)16(28)21-10(5-6-12(19)26)15(27)23-14(9(3)25)17(29)22-11(7-24)18(30)31/h8-11,13-14,24-25H,4-7,20H2,1-3H3,(H2,19,26)(H,21,28)(H,22,29)(H,23,27)(H,30,31). The Kier molecular flexibility index (Phi) is 12.3. The Hall–Kier alpha value is -2.77. The Balaban J connectivity index is 5.44. The van der Waals surface area contributed by atoms with E-state index < -0.39 is 66.5 Å². The molecule has 0 radical (unpaired) electrons. The van der Waals surface area contributed by atoms with Crippen LogP contribution in [0.4, 0.5) is 0 Å². The van der Waals surface area contributed by atoms with Crippen molar-refractivity contribution in [3.8, 4) is 0 Å². The summed E-state index contributed by atoms with van der Waals surface area (Å²) < 4.78 is 0. The van der Waals surface area contributed by atoms with E-state index >= 15 is 0 Å². The van der Waals surface area contributed by atoms with Gasteiger partial charge in [-0.1, -0.05) is 20.3 Å². The van der Waals surface area contributed by atoms with E-state index in [1.165, 1.54) is 6.92 Å². The lowest BCUT2D eigenvalue weighted by molar-refractivity contribution is -0.144. The van der Waals surface area contributed by atoms with Crippen molar-refractivity contribution < 1.29 is 39.3 Å². The number of carbonyl (C=O) groups is 5. The molecule has 0 fully saturated rings. The minimum absolute atomic E-state index is 0.192. The van der Waals surface area contributed by atoms with Crippen LogP contribution in [0.3, 0.4) is 0 Å². The van der Waals surface area contributed by atoms with E-state index in [2.05, 4.69) is 10.6 Å². The van der Waals surface area contributed by atoms with E-state index in [0.717, 1.165) is 0 Å². The number of aliphatic carboxylic acids is 1. The van der Waals surface area contributed by atoms with Crippen LogP contribution in [0.15, 0.2) is 0 Å². The maximum Gasteiger partial charge on any atom is 0.328 e. The Labute approximate surface area is 179 Å². The van der Waals surface area contributed by atoms with E-state index in [9.17, 15) is 29.1 Å². The van der Waals surface area contributed by atoms with Gasteiger partial charge in [0, 0.05) is 6.42 Å². The molecule has 0 spiro atoms. The summed E-state index contributed by atoms with van der Waals surface area (Å²) in [6.07, 6.45) is -1.30. The molecule has 10 N–H and O–H groups in total. The summed E-state index contributed by atoms with van der Waals surface area (Å²) in [5, 5.41) is 34.4. The number of nitrogens with one attached hydrogen (secondary N) is 3. The first-order chi connectivity index (χ1) is 14.3. The van der Waals surface area contributed by atoms with Gasteiger partial charge in [0.2, 0.25) is 23.6 Å². The SMILES string of the molecule is CCC(C)C(N)C(=O)NC(CCC(N)=O)C(=O)NC(C(=O)NC(CO)C(=O)O)C(C)O. The smallest absolute Gasteiger partial charge is 0.328 e. The summed E-state index contributed by atoms with van der Waals surface area (Å²) in [7, 11) is 0. The molecule has 0 aliphatic carbocycles. The van der Waals surface area contributed by atoms with Crippen molar-refractivity contribution in [2.75, 3.05) is 6.61 Å². The lowest BCUT2D eigenvalue weighted by atomic mass is 9.98. The molecule has 0 bridgehead atoms. The topological polar surface area (TPSA) is 234 Å². The van der Waals surface area contributed by atoms with Crippen LogP contribution in [0.2, 0.25) is 0 Å². The minimum atomic E-state index is -1.65. The molecule has 4 amide bonds. The van der Waals surface area contributed by atoms with Crippen molar-refractivity contribution in [3.05, 3.63) is 0 Å². The molecule has 0 saturated heterocycles. The third-order valence-corrected chi connectivity index (χ3v) is 4.73. The zero-order valence-corrected chi connectivity index (χ0v) is 17.8. The number of hydrogen-bond acceptors (Lipinski definition) is 8. The van der Waals surface area contributed by atoms with Crippen LogP contribution in [0, 0.1) is 5.92 Å². The minimum Gasteiger partial charge on any atom is -0.480 e. The number of amides is 4. The second kappa shape index (κ2) is 13.5. The molecule has 0 aliphatic heterocycles. The number of carboxylic acids is 1. The van der Waals surface area contributed by atoms with Gasteiger partial charge in [0.25, 0.3) is 0 Å². The molecule has 0 aromatic carbocycles. The highest BCUT2D eigenvalue weighted by Crippen LogP contribution is 2.07. The van der Waals surface area contributed by atoms with Crippen molar-refractivity contribution >= 4 is 29.6 Å². The number of carboxylic acid groups (broad SMARTS) is 1. The van der Waals surface area contributed by atoms with E-state index in [1.54, 1.807) is 6.92 Å². The van der Waals surface area contributed by atoms with Crippen molar-refractivity contribution in [2.24, 2.45) is 17.4 Å². The predicted octanol–water partition coefficient (Wildman–Crippen LogP) is -3.46. The lowest BCUT2D eigenvalue weighted by Crippen LogP contribution is -2.60. The van der Waals surface area contributed by atoms with Crippen molar-refractivity contribution in [3.63, 3.8) is 0 Å². The molecule has 0 aliphatic rings. The highest BCUT2D eigenvalue weighted by atomic mass is 16.4. The number of hydrogen-bond donors (Lipinski definition) is 8. The van der Waals surface area contributed by atoms with Crippen LogP contribution in [-0.4, -0.2) is 81.8 Å². The Morgan fingerprint density at radius 2 is 1.48 bits per heavy atom. The zero-order chi connectivity index (χ0) is 24.3. The summed E-state index contributed by atoms with van der Waals surface area (Å²) in [5.41, 5.74) is 11.0. The van der Waals surface area contributed by atoms with Crippen molar-refractivity contribution in [1.82, 2.24) is 16.0 Å². The molecule has 0 aromatic rings. The fourth-order valence-electron chi connectivity index (χ4n) is 2.44. The van der Waals surface area contributed by atoms with Gasteiger partial charge in [0.1, 0.15) is 18.1 Å². The zero-order valence-electron chi connectivity index (χ0n) is 17.8. The van der Waals surface area contributed by atoms with E-state index in [-0.39, 0.29) is 18.8 Å². The molecule has 178 valence electrons. The summed E-state index contributed by atoms with van der Waals surface area (Å²) in [6, 6.07) is -5.47. The Morgan fingerprint density at radius 3 is 1.90 bits per heavy atom. The molecule has 0 rings (SSSR count). The predicted molar refractivity (Wildman–Crippen MR) is 108 cm³/mol. The Morgan fingerprint density at radius 1 is 0.935 bits per heavy atom. The first kappa shape index (κ1) is 28.2. The summed E-state index contributed by atoms with van der Waals surface area (Å²) in [5.74, 6) is -5.07. The van der Waals surface area contributed by atoms with E-state index in [4.69, 9.17) is 21.7 Å². The van der Waals surface area contributed by atoms with Gasteiger partial charge in [0.15, 0.2) is 0 Å². The van der Waals surface area contributed by atoms with Gasteiger partial charge in [-0.3, -0.25) is 19.2 Å². The third kappa shape index (κ3) is 9.72. The van der Waals surface area contributed by atoms with Gasteiger partial charge in [-0.05, 0) is 19.3 Å². The lowest BCUT2D eigenvalue weighted by Gasteiger charge is -2.26. The van der Waals surface area contributed by atoms with Crippen molar-refractivity contribution in [1.29, 1.82) is 0 Å². The number of carbonyl (C=O) groups excluding carboxylic acids is 4. The number of primary amides is 1. The van der Waals surface area contributed by atoms with E-state index in [0.29, 0.717) is 6.42 Å². The normalized spacial score (nSPS) is 16.7. The second-order valence-corrected chi connectivity index (χ2v) is 7.29. The van der Waals surface area contributed by atoms with Crippen LogP contribution in [0.1, 0.15) is 40.0 Å². The highest BCUT2D eigenvalue weighted by molar-refractivity contribution is 5.94. The molecule has 6 unspecified atom stereocenters. The molecular weight excluding hydrogens is 414 g/mol. The summed E-state index contributed by atoms with van der Waals surface area (Å²) in [4.78, 5) is 59.4. The molecule has 0 heterocycles. The van der Waals surface area contributed by atoms with E-state index in [1.807, 2.05) is 12.2 Å². The number of aliphatic hydroxyl groups is 2. The average molecular weight is 447 g/mol. The molecule has 0 aromatic heterocycles. The monoisotopic (exact) mass is 447 g/mol. The Bertz CT molecular complexity index is 657. The van der Waals surface area contributed by atoms with Crippen LogP contribution in [0.5, 0.6) is 0 Å². The first-order valence-corrected chi connectivity index (χ1v) is 9.82. The van der Waals surface area contributed by atoms with Crippen LogP contribution in [-0.2, 0) is 24.0 Å². The van der Waals surface area contributed by atoms with Crippen LogP contribution >= 0.6 is 0 Å². The maximum absolute atomic E-state index is 12.7. The number of rotatable bonds is 14. The fourth-order valence-corrected chi connectivity index (χ4v) is 2.44. The average Bonchev–Trinajstić information content (AvgIpc) is 2.70. The summed E-state index contributed by atoms with van der Waals surface area (Å²) >= 11 is 0. The molecular formula is C18H33N5O8. The quantitative estimate of drug-likeness (QED) is 0.132. The van der Waals surface area contributed by atoms with Crippen LogP contribution < -0.4 is 27.4 Å². The second-order valence-electron chi connectivity index (χ2n) is 7.29. The molecule has 0 saturated carbocycles. The molecule has 31 heavy (non-hydrogen) atoms. The van der Waals surface area contributed by atoms with Gasteiger partial charge in [0.05, 0.1) is 18.8 Å². The highest BCUT2D eigenvalue weighted by Gasteiger charge is 2.33. The number of aliphatic hydroxyl groups excluding tert-OH is 2. The molecule has 6 atom stereocenters. The van der Waals surface area contributed by atoms with Gasteiger partial charge in [-0.2, -0.15) is 0 Å². The van der Waals surface area contributed by atoms with Gasteiger partial charge >= 0.3 is 5.97 Å². The van der Waals surface area contributed by atoms with Crippen molar-refractivity contribution in [2.45, 2.75) is 70.3 Å².